The van der Waals surface area contributed by atoms with Gasteiger partial charge in [0, 0.05) is 56.6 Å². The van der Waals surface area contributed by atoms with Crippen molar-refractivity contribution in [3.8, 4) is 0 Å². The second-order valence-electron chi connectivity index (χ2n) is 7.44. The van der Waals surface area contributed by atoms with Crippen LogP contribution in [0.25, 0.3) is 0 Å². The zero-order valence-electron chi connectivity index (χ0n) is 14.8. The SMILES string of the molecule is O=C1CC[C@@]2(CCCN(c3ncccc3F)C2)CN1Cc1ccncc1. The lowest BCUT2D eigenvalue weighted by Crippen LogP contribution is -2.54. The van der Waals surface area contributed by atoms with Crippen LogP contribution in [-0.2, 0) is 11.3 Å². The molecule has 136 valence electrons. The maximum Gasteiger partial charge on any atom is 0.222 e. The van der Waals surface area contributed by atoms with Gasteiger partial charge in [-0.2, -0.15) is 0 Å². The topological polar surface area (TPSA) is 49.3 Å². The van der Waals surface area contributed by atoms with Gasteiger partial charge in [0.05, 0.1) is 0 Å². The van der Waals surface area contributed by atoms with Crippen LogP contribution in [0.2, 0.25) is 0 Å². The van der Waals surface area contributed by atoms with Gasteiger partial charge in [0.15, 0.2) is 11.6 Å². The first kappa shape index (κ1) is 16.9. The Kier molecular flexibility index (Phi) is 4.57. The smallest absolute Gasteiger partial charge is 0.222 e. The molecule has 26 heavy (non-hydrogen) atoms. The molecule has 0 aliphatic carbocycles. The van der Waals surface area contributed by atoms with E-state index in [1.165, 1.54) is 6.07 Å². The van der Waals surface area contributed by atoms with Gasteiger partial charge in [0.1, 0.15) is 0 Å². The van der Waals surface area contributed by atoms with E-state index >= 15 is 0 Å². The van der Waals surface area contributed by atoms with E-state index < -0.39 is 0 Å². The molecule has 0 radical (unpaired) electrons. The third-order valence-corrected chi connectivity index (χ3v) is 5.57. The van der Waals surface area contributed by atoms with Gasteiger partial charge in [0.25, 0.3) is 0 Å². The minimum atomic E-state index is -0.273. The summed E-state index contributed by atoms with van der Waals surface area (Å²) in [5, 5.41) is 0. The number of likely N-dealkylation sites (tertiary alicyclic amines) is 1. The summed E-state index contributed by atoms with van der Waals surface area (Å²) in [6.45, 7) is 2.90. The Morgan fingerprint density at radius 2 is 1.96 bits per heavy atom. The minimum Gasteiger partial charge on any atom is -0.354 e. The van der Waals surface area contributed by atoms with E-state index in [2.05, 4.69) is 14.9 Å². The third-order valence-electron chi connectivity index (χ3n) is 5.57. The molecule has 1 atom stereocenters. The predicted octanol–water partition coefficient (Wildman–Crippen LogP) is 3.02. The maximum atomic E-state index is 14.2. The second-order valence-corrected chi connectivity index (χ2v) is 7.44. The van der Waals surface area contributed by atoms with E-state index in [0.29, 0.717) is 18.8 Å². The predicted molar refractivity (Wildman–Crippen MR) is 97.0 cm³/mol. The molecule has 0 bridgehead atoms. The lowest BCUT2D eigenvalue weighted by Gasteiger charge is -2.48. The van der Waals surface area contributed by atoms with E-state index in [1.807, 2.05) is 17.0 Å². The highest BCUT2D eigenvalue weighted by Crippen LogP contribution is 2.40. The number of nitrogens with zero attached hydrogens (tertiary/aromatic N) is 4. The fourth-order valence-electron chi connectivity index (χ4n) is 4.29. The number of hydrogen-bond donors (Lipinski definition) is 0. The van der Waals surface area contributed by atoms with Crippen LogP contribution in [-0.4, -0.2) is 40.4 Å². The van der Waals surface area contributed by atoms with Crippen molar-refractivity contribution >= 4 is 11.7 Å². The van der Waals surface area contributed by atoms with Gasteiger partial charge in [-0.05, 0) is 49.1 Å². The molecule has 2 aliphatic heterocycles. The normalized spacial score (nSPS) is 23.5. The lowest BCUT2D eigenvalue weighted by molar-refractivity contribution is -0.138. The average Bonchev–Trinajstić information content (AvgIpc) is 2.66. The first-order valence-electron chi connectivity index (χ1n) is 9.17. The molecule has 2 aromatic rings. The number of anilines is 1. The molecule has 2 aromatic heterocycles. The van der Waals surface area contributed by atoms with Crippen molar-refractivity contribution in [3.05, 3.63) is 54.2 Å². The molecule has 6 heteroatoms. The average molecular weight is 354 g/mol. The summed E-state index contributed by atoms with van der Waals surface area (Å²) < 4.78 is 14.2. The molecule has 0 N–H and O–H groups in total. The first-order chi connectivity index (χ1) is 12.7. The van der Waals surface area contributed by atoms with Gasteiger partial charge < -0.3 is 9.80 Å². The monoisotopic (exact) mass is 354 g/mol. The van der Waals surface area contributed by atoms with E-state index in [0.717, 1.165) is 44.5 Å². The molecule has 0 saturated carbocycles. The summed E-state index contributed by atoms with van der Waals surface area (Å²) in [4.78, 5) is 24.8. The molecule has 0 unspecified atom stereocenters. The fraction of sp³-hybridized carbons (Fsp3) is 0.450. The van der Waals surface area contributed by atoms with E-state index in [1.54, 1.807) is 24.7 Å². The van der Waals surface area contributed by atoms with Crippen molar-refractivity contribution in [2.75, 3.05) is 24.5 Å². The summed E-state index contributed by atoms with van der Waals surface area (Å²) in [5.41, 5.74) is 1.11. The molecule has 4 heterocycles. The summed E-state index contributed by atoms with van der Waals surface area (Å²) in [7, 11) is 0. The van der Waals surface area contributed by atoms with Crippen molar-refractivity contribution < 1.29 is 9.18 Å². The highest BCUT2D eigenvalue weighted by Gasteiger charge is 2.42. The lowest BCUT2D eigenvalue weighted by atomic mass is 9.73. The Bertz CT molecular complexity index is 784. The van der Waals surface area contributed by atoms with Crippen molar-refractivity contribution in [2.24, 2.45) is 5.41 Å². The zero-order valence-corrected chi connectivity index (χ0v) is 14.8. The number of rotatable bonds is 3. The summed E-state index contributed by atoms with van der Waals surface area (Å²) in [5.74, 6) is 0.364. The zero-order chi connectivity index (χ0) is 18.0. The molecule has 2 aliphatic rings. The van der Waals surface area contributed by atoms with Crippen LogP contribution < -0.4 is 4.90 Å². The highest BCUT2D eigenvalue weighted by molar-refractivity contribution is 5.77. The van der Waals surface area contributed by atoms with Crippen LogP contribution in [0.3, 0.4) is 0 Å². The number of hydrogen-bond acceptors (Lipinski definition) is 4. The van der Waals surface area contributed by atoms with Crippen molar-refractivity contribution in [1.29, 1.82) is 0 Å². The number of piperidine rings is 2. The molecule has 4 rings (SSSR count). The number of pyridine rings is 2. The highest BCUT2D eigenvalue weighted by atomic mass is 19.1. The van der Waals surface area contributed by atoms with Gasteiger partial charge in [-0.15, -0.1) is 0 Å². The molecule has 0 aromatic carbocycles. The van der Waals surface area contributed by atoms with Gasteiger partial charge in [-0.3, -0.25) is 9.78 Å². The van der Waals surface area contributed by atoms with E-state index in [-0.39, 0.29) is 17.1 Å². The number of halogens is 1. The van der Waals surface area contributed by atoms with Gasteiger partial charge in [-0.1, -0.05) is 0 Å². The molecule has 5 nitrogen and oxygen atoms in total. The quantitative estimate of drug-likeness (QED) is 0.850. The Balaban J connectivity index is 1.52. The van der Waals surface area contributed by atoms with Gasteiger partial charge >= 0.3 is 0 Å². The molecule has 2 saturated heterocycles. The van der Waals surface area contributed by atoms with Crippen molar-refractivity contribution in [1.82, 2.24) is 14.9 Å². The Morgan fingerprint density at radius 3 is 2.77 bits per heavy atom. The number of carbonyl (C=O) groups excluding carboxylic acids is 1. The Morgan fingerprint density at radius 1 is 1.12 bits per heavy atom. The summed E-state index contributed by atoms with van der Waals surface area (Å²) in [6.07, 6.45) is 8.63. The van der Waals surface area contributed by atoms with Crippen LogP contribution in [0.15, 0.2) is 42.9 Å². The maximum absolute atomic E-state index is 14.2. The molecular formula is C20H23FN4O. The van der Waals surface area contributed by atoms with E-state index in [9.17, 15) is 9.18 Å². The Hall–Kier alpha value is -2.50. The number of amides is 1. The fourth-order valence-corrected chi connectivity index (χ4v) is 4.29. The standard InChI is InChI=1S/C20H23FN4O/c21-17-3-1-9-23-19(17)24-12-2-7-20(14-24)8-4-18(26)25(15-20)13-16-5-10-22-11-6-16/h1,3,5-6,9-11H,2,4,7-8,12-15H2/t20-/m1/s1. The van der Waals surface area contributed by atoms with Crippen LogP contribution in [0.1, 0.15) is 31.2 Å². The largest absolute Gasteiger partial charge is 0.354 e. The minimum absolute atomic E-state index is 0.0170. The van der Waals surface area contributed by atoms with Crippen LogP contribution >= 0.6 is 0 Å². The third kappa shape index (κ3) is 3.41. The first-order valence-corrected chi connectivity index (χ1v) is 9.17. The Labute approximate surface area is 152 Å². The molecule has 1 spiro atoms. The van der Waals surface area contributed by atoms with Crippen LogP contribution in [0, 0.1) is 11.2 Å². The van der Waals surface area contributed by atoms with Gasteiger partial charge in [-0.25, -0.2) is 9.37 Å². The van der Waals surface area contributed by atoms with Crippen LogP contribution in [0.5, 0.6) is 0 Å². The summed E-state index contributed by atoms with van der Waals surface area (Å²) >= 11 is 0. The van der Waals surface area contributed by atoms with Crippen molar-refractivity contribution in [3.63, 3.8) is 0 Å². The van der Waals surface area contributed by atoms with Crippen LogP contribution in [0.4, 0.5) is 10.2 Å². The summed E-state index contributed by atoms with van der Waals surface area (Å²) in [6, 6.07) is 6.98. The van der Waals surface area contributed by atoms with E-state index in [4.69, 9.17) is 0 Å². The van der Waals surface area contributed by atoms with Gasteiger partial charge in [0.2, 0.25) is 5.91 Å². The molecular weight excluding hydrogens is 331 g/mol. The molecule has 2 fully saturated rings. The number of carbonyl (C=O) groups is 1. The van der Waals surface area contributed by atoms with Crippen molar-refractivity contribution in [2.45, 2.75) is 32.2 Å². The second kappa shape index (κ2) is 7.02. The molecule has 1 amide bonds. The number of aromatic nitrogens is 2.